The second kappa shape index (κ2) is 6.98. The summed E-state index contributed by atoms with van der Waals surface area (Å²) in [6.45, 7) is 4.63. The van der Waals surface area contributed by atoms with Gasteiger partial charge in [0.2, 0.25) is 6.29 Å². The van der Waals surface area contributed by atoms with E-state index < -0.39 is 42.9 Å². The van der Waals surface area contributed by atoms with E-state index in [1.807, 2.05) is 0 Å². The molecule has 4 N–H and O–H groups in total. The Balaban J connectivity index is 2.06. The fourth-order valence-electron chi connectivity index (χ4n) is 3.07. The highest BCUT2D eigenvalue weighted by molar-refractivity contribution is 5.88. The van der Waals surface area contributed by atoms with Crippen LogP contribution in [0.3, 0.4) is 0 Å². The highest BCUT2D eigenvalue weighted by Gasteiger charge is 2.44. The van der Waals surface area contributed by atoms with Gasteiger partial charge in [-0.3, -0.25) is 0 Å². The summed E-state index contributed by atoms with van der Waals surface area (Å²) >= 11 is 0. The number of aliphatic hydroxyl groups excluding tert-OH is 4. The number of aryl methyl sites for hydroxylation is 2. The van der Waals surface area contributed by atoms with E-state index in [0.29, 0.717) is 27.8 Å². The number of hydrogen-bond acceptors (Lipinski definition) is 8. The summed E-state index contributed by atoms with van der Waals surface area (Å²) in [6.07, 6.45) is -6.92. The van der Waals surface area contributed by atoms with E-state index in [2.05, 4.69) is 0 Å². The maximum Gasteiger partial charge on any atom is 0.339 e. The van der Waals surface area contributed by atoms with Crippen LogP contribution < -0.4 is 10.4 Å². The summed E-state index contributed by atoms with van der Waals surface area (Å²) in [7, 11) is 0. The van der Waals surface area contributed by atoms with Gasteiger partial charge in [-0.05, 0) is 44.0 Å². The number of benzene rings is 1. The molecule has 1 aliphatic rings. The van der Waals surface area contributed by atoms with E-state index in [1.165, 1.54) is 0 Å². The minimum atomic E-state index is -1.54. The topological polar surface area (TPSA) is 130 Å². The van der Waals surface area contributed by atoms with E-state index in [4.69, 9.17) is 13.9 Å². The van der Waals surface area contributed by atoms with Crippen LogP contribution in [-0.4, -0.2) is 57.7 Å². The van der Waals surface area contributed by atoms with Crippen LogP contribution in [0.1, 0.15) is 16.7 Å². The number of fused-ring (bicyclic) bond motifs is 1. The predicted octanol–water partition coefficient (Wildman–Crippen LogP) is -0.103. The van der Waals surface area contributed by atoms with Gasteiger partial charge in [0.15, 0.2) is 0 Å². The van der Waals surface area contributed by atoms with Crippen molar-refractivity contribution in [2.24, 2.45) is 0 Å². The molecular weight excluding hydrogens is 344 g/mol. The maximum absolute atomic E-state index is 11.9. The lowest BCUT2D eigenvalue weighted by Gasteiger charge is -2.39. The van der Waals surface area contributed by atoms with Gasteiger partial charge in [0.05, 0.1) is 12.0 Å². The van der Waals surface area contributed by atoms with Crippen molar-refractivity contribution in [1.29, 1.82) is 0 Å². The van der Waals surface area contributed by atoms with Crippen LogP contribution in [-0.2, 0) is 4.74 Å². The molecule has 2 aromatic rings. The summed E-state index contributed by atoms with van der Waals surface area (Å²) in [6, 6.07) is 3.39. The molecular formula is C18H22O8. The van der Waals surface area contributed by atoms with Crippen molar-refractivity contribution in [3.05, 3.63) is 39.2 Å². The smallest absolute Gasteiger partial charge is 0.339 e. The third kappa shape index (κ3) is 3.10. The summed E-state index contributed by atoms with van der Waals surface area (Å²) in [5.41, 5.74) is 1.73. The molecule has 8 heteroatoms. The molecule has 1 aromatic carbocycles. The first-order valence-electron chi connectivity index (χ1n) is 8.26. The SMILES string of the molecule is Cc1cc(OC2OC(CO)C(O)C(O)C2O)c2c(C)c(C)c(=O)oc2c1. The molecule has 3 rings (SSSR count). The molecule has 1 fully saturated rings. The van der Waals surface area contributed by atoms with Crippen molar-refractivity contribution in [3.8, 4) is 5.75 Å². The van der Waals surface area contributed by atoms with Gasteiger partial charge in [-0.2, -0.15) is 0 Å². The van der Waals surface area contributed by atoms with Crippen LogP contribution in [0, 0.1) is 20.8 Å². The third-order valence-electron chi connectivity index (χ3n) is 4.75. The van der Waals surface area contributed by atoms with Gasteiger partial charge < -0.3 is 34.3 Å². The Hall–Kier alpha value is -1.97. The minimum absolute atomic E-state index is 0.300. The van der Waals surface area contributed by atoms with Crippen LogP contribution in [0.25, 0.3) is 11.0 Å². The van der Waals surface area contributed by atoms with Crippen molar-refractivity contribution in [2.75, 3.05) is 6.61 Å². The standard InChI is InChI=1S/C18H22O8/c1-7-4-10-13(8(2)9(3)17(23)24-10)11(5-7)25-18-16(22)15(21)14(20)12(6-19)26-18/h4-5,12,14-16,18-22H,6H2,1-3H3. The van der Waals surface area contributed by atoms with E-state index in [9.17, 15) is 25.2 Å². The van der Waals surface area contributed by atoms with E-state index >= 15 is 0 Å². The molecule has 0 aliphatic carbocycles. The fraction of sp³-hybridized carbons (Fsp3) is 0.500. The van der Waals surface area contributed by atoms with Crippen molar-refractivity contribution in [3.63, 3.8) is 0 Å². The van der Waals surface area contributed by atoms with Gasteiger partial charge in [-0.25, -0.2) is 4.79 Å². The van der Waals surface area contributed by atoms with Crippen molar-refractivity contribution >= 4 is 11.0 Å². The molecule has 0 saturated carbocycles. The molecule has 8 nitrogen and oxygen atoms in total. The van der Waals surface area contributed by atoms with Gasteiger partial charge in [0.25, 0.3) is 0 Å². The number of aliphatic hydroxyl groups is 4. The molecule has 1 aromatic heterocycles. The lowest BCUT2D eigenvalue weighted by Crippen LogP contribution is -2.60. The highest BCUT2D eigenvalue weighted by Crippen LogP contribution is 2.33. The maximum atomic E-state index is 11.9. The molecule has 0 spiro atoms. The quantitative estimate of drug-likeness (QED) is 0.554. The van der Waals surface area contributed by atoms with Gasteiger partial charge >= 0.3 is 5.63 Å². The van der Waals surface area contributed by atoms with Gasteiger partial charge in [-0.15, -0.1) is 0 Å². The Labute approximate surface area is 149 Å². The third-order valence-corrected chi connectivity index (χ3v) is 4.75. The second-order valence-corrected chi connectivity index (χ2v) is 6.59. The van der Waals surface area contributed by atoms with Crippen LogP contribution in [0.5, 0.6) is 5.75 Å². The lowest BCUT2D eigenvalue weighted by atomic mass is 9.99. The Morgan fingerprint density at radius 3 is 2.38 bits per heavy atom. The first-order valence-corrected chi connectivity index (χ1v) is 8.26. The highest BCUT2D eigenvalue weighted by atomic mass is 16.7. The number of hydrogen-bond donors (Lipinski definition) is 4. The van der Waals surface area contributed by atoms with Crippen molar-refractivity contribution in [1.82, 2.24) is 0 Å². The molecule has 1 saturated heterocycles. The Morgan fingerprint density at radius 2 is 1.73 bits per heavy atom. The van der Waals surface area contributed by atoms with E-state index in [0.717, 1.165) is 5.56 Å². The summed E-state index contributed by atoms with van der Waals surface area (Å²) < 4.78 is 16.5. The predicted molar refractivity (Wildman–Crippen MR) is 91.1 cm³/mol. The van der Waals surface area contributed by atoms with Crippen molar-refractivity contribution in [2.45, 2.75) is 51.5 Å². The first-order chi connectivity index (χ1) is 12.2. The average Bonchev–Trinajstić information content (AvgIpc) is 2.59. The minimum Gasteiger partial charge on any atom is -0.461 e. The molecule has 0 amide bonds. The first kappa shape index (κ1) is 18.8. The van der Waals surface area contributed by atoms with Crippen LogP contribution in [0.15, 0.2) is 21.3 Å². The van der Waals surface area contributed by atoms with Gasteiger partial charge in [0, 0.05) is 5.56 Å². The molecule has 1 aliphatic heterocycles. The number of rotatable bonds is 3. The monoisotopic (exact) mass is 366 g/mol. The Kier molecular flexibility index (Phi) is 5.05. The number of ether oxygens (including phenoxy) is 2. The van der Waals surface area contributed by atoms with E-state index in [-0.39, 0.29) is 0 Å². The molecule has 5 atom stereocenters. The molecule has 2 heterocycles. The van der Waals surface area contributed by atoms with E-state index in [1.54, 1.807) is 32.9 Å². The van der Waals surface area contributed by atoms with Crippen molar-refractivity contribution < 1.29 is 34.3 Å². The van der Waals surface area contributed by atoms with Gasteiger partial charge in [-0.1, -0.05) is 0 Å². The van der Waals surface area contributed by atoms with Crippen LogP contribution in [0.4, 0.5) is 0 Å². The van der Waals surface area contributed by atoms with Gasteiger partial charge in [0.1, 0.15) is 35.7 Å². The van der Waals surface area contributed by atoms with Crippen LogP contribution >= 0.6 is 0 Å². The molecule has 142 valence electrons. The molecule has 0 radical (unpaired) electrons. The summed E-state index contributed by atoms with van der Waals surface area (Å²) in [4.78, 5) is 11.9. The average molecular weight is 366 g/mol. The zero-order valence-corrected chi connectivity index (χ0v) is 14.7. The zero-order valence-electron chi connectivity index (χ0n) is 14.7. The largest absolute Gasteiger partial charge is 0.461 e. The zero-order chi connectivity index (χ0) is 19.2. The van der Waals surface area contributed by atoms with Crippen LogP contribution in [0.2, 0.25) is 0 Å². The normalized spacial score (nSPS) is 29.1. The summed E-state index contributed by atoms with van der Waals surface area (Å²) in [5, 5.41) is 39.8. The summed E-state index contributed by atoms with van der Waals surface area (Å²) in [5.74, 6) is 0.300. The molecule has 0 bridgehead atoms. The fourth-order valence-corrected chi connectivity index (χ4v) is 3.07. The molecule has 26 heavy (non-hydrogen) atoms. The lowest BCUT2D eigenvalue weighted by molar-refractivity contribution is -0.277. The Bertz CT molecular complexity index is 872. The Morgan fingerprint density at radius 1 is 1.04 bits per heavy atom. The molecule has 5 unspecified atom stereocenters. The second-order valence-electron chi connectivity index (χ2n) is 6.59.